The lowest BCUT2D eigenvalue weighted by Crippen LogP contribution is -2.59. The smallest absolute Gasteiger partial charge is 0.332 e. The van der Waals surface area contributed by atoms with Gasteiger partial charge in [0.1, 0.15) is 6.61 Å². The van der Waals surface area contributed by atoms with E-state index in [0.29, 0.717) is 0 Å². The van der Waals surface area contributed by atoms with E-state index in [1.807, 2.05) is 20.8 Å². The van der Waals surface area contributed by atoms with Crippen molar-refractivity contribution in [2.45, 2.75) is 38.9 Å². The highest BCUT2D eigenvalue weighted by Crippen LogP contribution is 2.14. The Bertz CT molecular complexity index is 202. The average molecular weight is 201 g/mol. The van der Waals surface area contributed by atoms with Crippen LogP contribution in [0.1, 0.15) is 27.2 Å². The minimum atomic E-state index is -0.271. The van der Waals surface area contributed by atoms with Crippen molar-refractivity contribution in [3.8, 4) is 0 Å². The summed E-state index contributed by atoms with van der Waals surface area (Å²) in [7, 11) is 0. The van der Waals surface area contributed by atoms with E-state index >= 15 is 0 Å². The lowest BCUT2D eigenvalue weighted by molar-refractivity contribution is -0.162. The first-order valence-electron chi connectivity index (χ1n) is 5.10. The third kappa shape index (κ3) is 3.27. The molecule has 0 aromatic heterocycles. The van der Waals surface area contributed by atoms with Crippen LogP contribution in [0.3, 0.4) is 0 Å². The summed E-state index contributed by atoms with van der Waals surface area (Å²) >= 11 is 0. The van der Waals surface area contributed by atoms with E-state index < -0.39 is 0 Å². The van der Waals surface area contributed by atoms with Gasteiger partial charge >= 0.3 is 5.97 Å². The summed E-state index contributed by atoms with van der Waals surface area (Å²) in [6.07, 6.45) is 0.823. The highest BCUT2D eigenvalue weighted by molar-refractivity contribution is 5.70. The number of ether oxygens (including phenoxy) is 2. The van der Waals surface area contributed by atoms with Gasteiger partial charge in [-0.2, -0.15) is 0 Å². The van der Waals surface area contributed by atoms with Gasteiger partial charge in [0.05, 0.1) is 11.7 Å². The maximum atomic E-state index is 11.2. The van der Waals surface area contributed by atoms with E-state index in [2.05, 4.69) is 5.32 Å². The summed E-state index contributed by atoms with van der Waals surface area (Å²) in [6, 6.07) is 0. The Morgan fingerprint density at radius 3 is 2.64 bits per heavy atom. The van der Waals surface area contributed by atoms with E-state index in [0.717, 1.165) is 19.5 Å². The first-order valence-corrected chi connectivity index (χ1v) is 5.10. The molecule has 1 rings (SSSR count). The second kappa shape index (κ2) is 4.75. The third-order valence-electron chi connectivity index (χ3n) is 2.44. The molecule has 1 N–H and O–H groups in total. The van der Waals surface area contributed by atoms with E-state index in [1.54, 1.807) is 0 Å². The van der Waals surface area contributed by atoms with Crippen molar-refractivity contribution in [1.82, 2.24) is 5.32 Å². The molecular weight excluding hydrogens is 182 g/mol. The lowest BCUT2D eigenvalue weighted by Gasteiger charge is -2.38. The predicted molar refractivity (Wildman–Crippen MR) is 53.1 cm³/mol. The zero-order valence-corrected chi connectivity index (χ0v) is 9.13. The number of esters is 1. The summed E-state index contributed by atoms with van der Waals surface area (Å²) in [5.41, 5.74) is -0.172. The number of hydrogen-bond acceptors (Lipinski definition) is 4. The van der Waals surface area contributed by atoms with Crippen molar-refractivity contribution < 1.29 is 14.3 Å². The van der Waals surface area contributed by atoms with Crippen LogP contribution in [0, 0.1) is 0 Å². The Morgan fingerprint density at radius 2 is 2.21 bits per heavy atom. The molecule has 1 aliphatic heterocycles. The second-order valence-corrected chi connectivity index (χ2v) is 4.05. The Hall–Kier alpha value is -0.610. The molecule has 1 heterocycles. The summed E-state index contributed by atoms with van der Waals surface area (Å²) in [5.74, 6) is -0.271. The fraction of sp³-hybridized carbons (Fsp3) is 0.900. The number of rotatable bonds is 5. The van der Waals surface area contributed by atoms with E-state index in [9.17, 15) is 4.79 Å². The molecule has 1 fully saturated rings. The zero-order valence-electron chi connectivity index (χ0n) is 9.13. The molecule has 0 spiro atoms. The highest BCUT2D eigenvalue weighted by Gasteiger charge is 2.33. The fourth-order valence-electron chi connectivity index (χ4n) is 1.15. The molecule has 0 aliphatic carbocycles. The molecule has 1 atom stereocenters. The van der Waals surface area contributed by atoms with Crippen LogP contribution in [0.2, 0.25) is 0 Å². The van der Waals surface area contributed by atoms with Crippen molar-refractivity contribution in [1.29, 1.82) is 0 Å². The summed E-state index contributed by atoms with van der Waals surface area (Å²) in [5, 5.41) is 3.10. The molecule has 0 radical (unpaired) electrons. The number of hydrogen-bond donors (Lipinski definition) is 1. The molecule has 0 aromatic rings. The average Bonchev–Trinajstić information content (AvgIpc) is 2.11. The van der Waals surface area contributed by atoms with Crippen molar-refractivity contribution >= 4 is 5.97 Å². The van der Waals surface area contributed by atoms with Gasteiger partial charge in [0.2, 0.25) is 0 Å². The second-order valence-electron chi connectivity index (χ2n) is 4.05. The first kappa shape index (κ1) is 11.5. The monoisotopic (exact) mass is 201 g/mol. The van der Waals surface area contributed by atoms with Crippen LogP contribution in [0.5, 0.6) is 0 Å². The Labute approximate surface area is 85.0 Å². The Kier molecular flexibility index (Phi) is 3.89. The van der Waals surface area contributed by atoms with Gasteiger partial charge < -0.3 is 14.8 Å². The number of carbonyl (C=O) groups is 1. The molecule has 1 aliphatic rings. The zero-order chi connectivity index (χ0) is 10.6. The largest absolute Gasteiger partial charge is 0.461 e. The van der Waals surface area contributed by atoms with Crippen LogP contribution < -0.4 is 5.32 Å². The minimum absolute atomic E-state index is 0.0154. The van der Waals surface area contributed by atoms with Crippen LogP contribution in [-0.4, -0.2) is 37.4 Å². The lowest BCUT2D eigenvalue weighted by atomic mass is 10.0. The quantitative estimate of drug-likeness (QED) is 0.665. The molecule has 4 nitrogen and oxygen atoms in total. The Balaban J connectivity index is 2.14. The van der Waals surface area contributed by atoms with E-state index in [1.165, 1.54) is 0 Å². The molecule has 0 amide bonds. The van der Waals surface area contributed by atoms with Gasteiger partial charge in [-0.25, -0.2) is 4.79 Å². The SMILES string of the molecule is CCC(C)OC(=O)COC1(C)CNC1. The fourth-order valence-corrected chi connectivity index (χ4v) is 1.15. The number of carbonyl (C=O) groups excluding carboxylic acids is 1. The maximum Gasteiger partial charge on any atom is 0.332 e. The van der Waals surface area contributed by atoms with Crippen LogP contribution in [-0.2, 0) is 14.3 Å². The summed E-state index contributed by atoms with van der Waals surface area (Å²) in [6.45, 7) is 7.52. The van der Waals surface area contributed by atoms with Gasteiger partial charge in [-0.15, -0.1) is 0 Å². The summed E-state index contributed by atoms with van der Waals surface area (Å²) in [4.78, 5) is 11.2. The van der Waals surface area contributed by atoms with Crippen molar-refractivity contribution in [2.75, 3.05) is 19.7 Å². The molecule has 14 heavy (non-hydrogen) atoms. The van der Waals surface area contributed by atoms with Gasteiger partial charge in [0, 0.05) is 13.1 Å². The van der Waals surface area contributed by atoms with Crippen LogP contribution >= 0.6 is 0 Å². The van der Waals surface area contributed by atoms with Crippen molar-refractivity contribution in [3.63, 3.8) is 0 Å². The molecule has 4 heteroatoms. The van der Waals surface area contributed by atoms with Gasteiger partial charge in [-0.1, -0.05) is 6.92 Å². The third-order valence-corrected chi connectivity index (χ3v) is 2.44. The predicted octanol–water partition coefficient (Wildman–Crippen LogP) is 0.707. The standard InChI is InChI=1S/C10H19NO3/c1-4-8(2)14-9(12)5-13-10(3)6-11-7-10/h8,11H,4-7H2,1-3H3. The first-order chi connectivity index (χ1) is 6.56. The maximum absolute atomic E-state index is 11.2. The summed E-state index contributed by atoms with van der Waals surface area (Å²) < 4.78 is 10.5. The number of nitrogens with one attached hydrogen (secondary N) is 1. The topological polar surface area (TPSA) is 47.6 Å². The van der Waals surface area contributed by atoms with Crippen LogP contribution in [0.25, 0.3) is 0 Å². The van der Waals surface area contributed by atoms with Gasteiger partial charge in [-0.3, -0.25) is 0 Å². The Morgan fingerprint density at radius 1 is 1.57 bits per heavy atom. The normalized spacial score (nSPS) is 21.1. The van der Waals surface area contributed by atoms with E-state index in [4.69, 9.17) is 9.47 Å². The van der Waals surface area contributed by atoms with Gasteiger partial charge in [0.25, 0.3) is 0 Å². The highest BCUT2D eigenvalue weighted by atomic mass is 16.6. The molecule has 0 aromatic carbocycles. The molecule has 0 saturated carbocycles. The van der Waals surface area contributed by atoms with Crippen molar-refractivity contribution in [2.24, 2.45) is 0 Å². The molecule has 0 bridgehead atoms. The van der Waals surface area contributed by atoms with Gasteiger partial charge in [0.15, 0.2) is 0 Å². The van der Waals surface area contributed by atoms with Gasteiger partial charge in [-0.05, 0) is 20.3 Å². The van der Waals surface area contributed by atoms with E-state index in [-0.39, 0.29) is 24.3 Å². The molecule has 1 saturated heterocycles. The van der Waals surface area contributed by atoms with Crippen LogP contribution in [0.4, 0.5) is 0 Å². The minimum Gasteiger partial charge on any atom is -0.461 e. The molecular formula is C10H19NO3. The molecule has 82 valence electrons. The molecule has 1 unspecified atom stereocenters. The van der Waals surface area contributed by atoms with Crippen molar-refractivity contribution in [3.05, 3.63) is 0 Å². The van der Waals surface area contributed by atoms with Crippen LogP contribution in [0.15, 0.2) is 0 Å².